The predicted molar refractivity (Wildman–Crippen MR) is 343 cm³/mol. The van der Waals surface area contributed by atoms with E-state index in [1.54, 1.807) is 72.9 Å². The van der Waals surface area contributed by atoms with Crippen LogP contribution in [0.5, 0.6) is 46.0 Å². The van der Waals surface area contributed by atoms with Crippen LogP contribution in [0.4, 0.5) is 0 Å². The summed E-state index contributed by atoms with van der Waals surface area (Å²) in [5.74, 6) is 32.0. The van der Waals surface area contributed by atoms with Gasteiger partial charge in [-0.05, 0) is 24.3 Å². The Bertz CT molecular complexity index is 3190. The number of benzene rings is 4. The quantitative estimate of drug-likeness (QED) is 0.0174. The Balaban J connectivity index is 1.57. The normalized spacial score (nSPS) is 17.3. The van der Waals surface area contributed by atoms with Crippen molar-refractivity contribution in [2.24, 2.45) is 70.4 Å². The molecule has 0 unspecified atom stereocenters. The Hall–Kier alpha value is -11.4. The van der Waals surface area contributed by atoms with Crippen LogP contribution in [0, 0.1) is 23.7 Å². The molecule has 0 aliphatic heterocycles. The summed E-state index contributed by atoms with van der Waals surface area (Å²) < 4.78 is 52.2. The molecule has 4 aromatic carbocycles. The summed E-state index contributed by atoms with van der Waals surface area (Å²) in [5, 5.41) is 0. The van der Waals surface area contributed by atoms with Crippen molar-refractivity contribution >= 4 is 47.3 Å². The molecular weight excluding hydrogens is 1250 g/mol. The molecule has 8 bridgehead atoms. The SMILES string of the molecule is NNC(=O)COc1cc(OCC(=O)NN)c2cc1C(C1C=CC=C1)c1cc(c(OCC(=O)NN)cc1OCC(=O)NN)C(C1C=CC=C1)c1cc(c(OCC(=O)NN)cc1OCC(=O)NN)C(C1C=CC=C1)c1cc(c(OCC(=O)NN)cc1OCC(=O)NN)C2C1C=CC=C1. The number of hydrazine groups is 8. The van der Waals surface area contributed by atoms with Gasteiger partial charge in [0.25, 0.3) is 47.3 Å². The fraction of sp³-hybridized carbons (Fsp3) is 0.250. The number of rotatable bonds is 28. The lowest BCUT2D eigenvalue weighted by Gasteiger charge is -2.35. The molecule has 0 radical (unpaired) electrons. The van der Waals surface area contributed by atoms with E-state index in [2.05, 4.69) is 43.4 Å². The molecule has 9 rings (SSSR count). The third-order valence-corrected chi connectivity index (χ3v) is 16.1. The molecule has 32 heteroatoms. The lowest BCUT2D eigenvalue weighted by atomic mass is 9.72. The van der Waals surface area contributed by atoms with Crippen molar-refractivity contribution in [1.82, 2.24) is 43.4 Å². The molecule has 96 heavy (non-hydrogen) atoms. The molecule has 0 heterocycles. The van der Waals surface area contributed by atoms with E-state index in [0.717, 1.165) is 0 Å². The lowest BCUT2D eigenvalue weighted by Crippen LogP contribution is -2.35. The van der Waals surface area contributed by atoms with Gasteiger partial charge in [-0.1, -0.05) is 97.2 Å². The number of amides is 8. The van der Waals surface area contributed by atoms with Gasteiger partial charge in [0, 0.05) is 116 Å². The number of ether oxygens (including phenoxy) is 8. The van der Waals surface area contributed by atoms with Crippen LogP contribution in [-0.4, -0.2) is 100 Å². The van der Waals surface area contributed by atoms with Crippen molar-refractivity contribution in [2.45, 2.75) is 23.7 Å². The molecule has 5 aliphatic carbocycles. The Morgan fingerprint density at radius 1 is 0.229 bits per heavy atom. The highest BCUT2D eigenvalue weighted by atomic mass is 16.5. The van der Waals surface area contributed by atoms with Gasteiger partial charge in [0.05, 0.1) is 0 Å². The largest absolute Gasteiger partial charge is 0.483 e. The Morgan fingerprint density at radius 2 is 0.354 bits per heavy atom. The minimum absolute atomic E-state index is 0.0251. The van der Waals surface area contributed by atoms with Gasteiger partial charge < -0.3 is 37.9 Å². The summed E-state index contributed by atoms with van der Waals surface area (Å²) in [6, 6.07) is 12.9. The Morgan fingerprint density at radius 3 is 0.469 bits per heavy atom. The van der Waals surface area contributed by atoms with Crippen molar-refractivity contribution in [1.29, 1.82) is 0 Å². The van der Waals surface area contributed by atoms with Gasteiger partial charge in [0.15, 0.2) is 52.9 Å². The molecular formula is C64H72N16O16. The zero-order valence-electron chi connectivity index (χ0n) is 51.3. The molecule has 0 aromatic heterocycles. The van der Waals surface area contributed by atoms with E-state index in [9.17, 15) is 38.4 Å². The highest BCUT2D eigenvalue weighted by Crippen LogP contribution is 2.56. The van der Waals surface area contributed by atoms with E-state index in [0.29, 0.717) is 44.5 Å². The van der Waals surface area contributed by atoms with Gasteiger partial charge in [-0.15, -0.1) is 0 Å². The number of hydrogen-bond donors (Lipinski definition) is 16. The van der Waals surface area contributed by atoms with Crippen LogP contribution in [0.2, 0.25) is 0 Å². The molecule has 8 amide bonds. The Kier molecular flexibility index (Phi) is 23.3. The average molecular weight is 1320 g/mol. The summed E-state index contributed by atoms with van der Waals surface area (Å²) in [4.78, 5) is 107. The minimum Gasteiger partial charge on any atom is -0.483 e. The van der Waals surface area contributed by atoms with E-state index >= 15 is 0 Å². The van der Waals surface area contributed by atoms with Crippen molar-refractivity contribution in [2.75, 3.05) is 52.9 Å². The molecule has 5 aliphatic rings. The number of nitrogens with one attached hydrogen (secondary N) is 8. The summed E-state index contributed by atoms with van der Waals surface area (Å²) in [5.41, 5.74) is 19.0. The third kappa shape index (κ3) is 16.2. The molecule has 24 N–H and O–H groups in total. The highest BCUT2D eigenvalue weighted by molar-refractivity contribution is 5.81. The number of hydrogen-bond acceptors (Lipinski definition) is 24. The van der Waals surface area contributed by atoms with Gasteiger partial charge in [0.1, 0.15) is 46.0 Å². The first-order valence-electron chi connectivity index (χ1n) is 29.6. The van der Waals surface area contributed by atoms with Crippen LogP contribution >= 0.6 is 0 Å². The zero-order chi connectivity index (χ0) is 68.4. The fourth-order valence-electron chi connectivity index (χ4n) is 11.8. The van der Waals surface area contributed by atoms with Crippen molar-refractivity contribution < 1.29 is 76.3 Å². The van der Waals surface area contributed by atoms with Crippen molar-refractivity contribution in [3.8, 4) is 46.0 Å². The third-order valence-electron chi connectivity index (χ3n) is 16.1. The average Bonchev–Trinajstić information content (AvgIpc) is 0.947. The van der Waals surface area contributed by atoms with Crippen LogP contribution < -0.4 is 128 Å². The maximum absolute atomic E-state index is 13.3. The van der Waals surface area contributed by atoms with Gasteiger partial charge in [-0.3, -0.25) is 81.8 Å². The molecule has 32 nitrogen and oxygen atoms in total. The first kappa shape index (κ1) is 69.0. The molecule has 0 saturated heterocycles. The second-order valence-corrected chi connectivity index (χ2v) is 21.9. The first-order chi connectivity index (χ1) is 46.5. The topological polar surface area (TPSA) is 515 Å². The van der Waals surface area contributed by atoms with E-state index in [4.69, 9.17) is 84.6 Å². The minimum atomic E-state index is -1.07. The van der Waals surface area contributed by atoms with Crippen LogP contribution in [-0.2, 0) is 38.4 Å². The fourth-order valence-corrected chi connectivity index (χ4v) is 11.8. The standard InChI is InChI=1S/C64H72N16O16/c65-73-53(81)25-89-45-21-47(91-27-55(83)75-67)39-17-37(45)61(33-9-1-2-10-33)38-18-40(48(92-28-56(84)76-68)22-46(38)90-26-54(82)74-66)63(35-13-5-6-14-35)42-20-44(52(96-32-60(88)80-72)24-50(42)94-30-58(86)78-70)64(36-15-7-8-16-36)43-19-41(62(39)34-11-3-4-12-34)49(93-29-57(85)77-69)23-51(43)95-31-59(87)79-71/h1-24,33-36,61-64H,25-32,65-72H2,(H,73,81)(H,74,82)(H,75,83)(H,76,84)(H,77,85)(H,78,86)(H,79,87)(H,80,88). The molecule has 0 spiro atoms. The smallest absolute Gasteiger partial charge is 0.271 e. The van der Waals surface area contributed by atoms with Crippen LogP contribution in [0.25, 0.3) is 0 Å². The van der Waals surface area contributed by atoms with Crippen molar-refractivity contribution in [3.63, 3.8) is 0 Å². The second kappa shape index (κ2) is 32.5. The van der Waals surface area contributed by atoms with E-state index < -0.39 is 147 Å². The van der Waals surface area contributed by atoms with Crippen LogP contribution in [0.3, 0.4) is 0 Å². The maximum atomic E-state index is 13.3. The van der Waals surface area contributed by atoms with Crippen molar-refractivity contribution in [3.05, 3.63) is 190 Å². The van der Waals surface area contributed by atoms with Crippen LogP contribution in [0.15, 0.2) is 146 Å². The summed E-state index contributed by atoms with van der Waals surface area (Å²) in [6.45, 7) is -5.56. The highest BCUT2D eigenvalue weighted by Gasteiger charge is 2.41. The van der Waals surface area contributed by atoms with Crippen LogP contribution in [0.1, 0.15) is 68.2 Å². The molecule has 4 aromatic rings. The maximum Gasteiger partial charge on any atom is 0.271 e. The second-order valence-electron chi connectivity index (χ2n) is 21.9. The lowest BCUT2D eigenvalue weighted by molar-refractivity contribution is -0.124. The molecule has 504 valence electrons. The summed E-state index contributed by atoms with van der Waals surface area (Å²) in [7, 11) is 0. The first-order valence-corrected chi connectivity index (χ1v) is 29.6. The van der Waals surface area contributed by atoms with E-state index in [1.807, 2.05) is 48.6 Å². The predicted octanol–water partition coefficient (Wildman–Crippen LogP) is -1.55. The monoisotopic (exact) mass is 1320 g/mol. The number of nitrogens with two attached hydrogens (primary N) is 8. The van der Waals surface area contributed by atoms with Gasteiger partial charge in [0.2, 0.25) is 0 Å². The number of carbonyl (C=O) groups excluding carboxylic acids is 8. The number of carbonyl (C=O) groups is 8. The number of allylic oxidation sites excluding steroid dienone is 16. The van der Waals surface area contributed by atoms with E-state index in [-0.39, 0.29) is 46.0 Å². The van der Waals surface area contributed by atoms with Gasteiger partial charge in [-0.25, -0.2) is 46.7 Å². The number of fused-ring (bicyclic) bond motifs is 8. The van der Waals surface area contributed by atoms with Gasteiger partial charge >= 0.3 is 0 Å². The molecule has 0 saturated carbocycles. The molecule has 0 atom stereocenters. The summed E-state index contributed by atoms with van der Waals surface area (Å²) >= 11 is 0. The van der Waals surface area contributed by atoms with Gasteiger partial charge in [-0.2, -0.15) is 0 Å². The Labute approximate surface area is 548 Å². The van der Waals surface area contributed by atoms with E-state index in [1.165, 1.54) is 24.3 Å². The molecule has 0 fully saturated rings. The zero-order valence-corrected chi connectivity index (χ0v) is 51.3. The summed E-state index contributed by atoms with van der Waals surface area (Å²) in [6.07, 6.45) is 29.4.